The topological polar surface area (TPSA) is 78.4 Å². The highest BCUT2D eigenvalue weighted by atomic mass is 32.2. The summed E-state index contributed by atoms with van der Waals surface area (Å²) in [6.45, 7) is 4.10. The molecule has 5 rings (SSSR count). The Morgan fingerprint density at radius 3 is 2.50 bits per heavy atom. The number of hydrogen-bond acceptors (Lipinski definition) is 6. The molecule has 1 aliphatic rings. The van der Waals surface area contributed by atoms with Crippen molar-refractivity contribution in [1.29, 1.82) is 0 Å². The number of aromatic nitrogens is 2. The minimum absolute atomic E-state index is 0.216. The molecule has 0 spiro atoms. The number of pyridine rings is 2. The standard InChI is InChI=1S/C26H27N5O2S/c1-30-14-16-31(17-15-30)25-12-13-27-24-11-10-23(29-26(24)25)21-8-5-9-22(18-21)34(32,33)28-19-20-6-3-2-4-7-20/h2-13,18,28H,14-17,19H2,1H3. The molecular formula is C26H27N5O2S. The van der Waals surface area contributed by atoms with Gasteiger partial charge in [-0.2, -0.15) is 0 Å². The Labute approximate surface area is 200 Å². The third-order valence-electron chi connectivity index (χ3n) is 6.16. The number of hydrogen-bond donors (Lipinski definition) is 1. The molecule has 3 heterocycles. The van der Waals surface area contributed by atoms with Gasteiger partial charge in [-0.05, 0) is 42.9 Å². The van der Waals surface area contributed by atoms with Gasteiger partial charge < -0.3 is 9.80 Å². The summed E-state index contributed by atoms with van der Waals surface area (Å²) in [7, 11) is -1.53. The fourth-order valence-electron chi connectivity index (χ4n) is 4.15. The van der Waals surface area contributed by atoms with Gasteiger partial charge in [-0.15, -0.1) is 0 Å². The Kier molecular flexibility index (Phi) is 6.28. The Bertz CT molecular complexity index is 1400. The summed E-state index contributed by atoms with van der Waals surface area (Å²) < 4.78 is 28.6. The van der Waals surface area contributed by atoms with Crippen LogP contribution in [0.5, 0.6) is 0 Å². The van der Waals surface area contributed by atoms with E-state index in [2.05, 4.69) is 26.6 Å². The fraction of sp³-hybridized carbons (Fsp3) is 0.231. The molecule has 2 aromatic heterocycles. The van der Waals surface area contributed by atoms with Crippen LogP contribution in [0.2, 0.25) is 0 Å². The second-order valence-corrected chi connectivity index (χ2v) is 10.3. The van der Waals surface area contributed by atoms with Crippen LogP contribution in [0.4, 0.5) is 5.69 Å². The van der Waals surface area contributed by atoms with Crippen LogP contribution in [0.15, 0.2) is 83.9 Å². The predicted molar refractivity (Wildman–Crippen MR) is 135 cm³/mol. The Hall–Kier alpha value is -3.33. The Balaban J connectivity index is 1.45. The van der Waals surface area contributed by atoms with E-state index in [1.165, 1.54) is 0 Å². The third kappa shape index (κ3) is 4.79. The maximum Gasteiger partial charge on any atom is 0.240 e. The Morgan fingerprint density at radius 1 is 0.912 bits per heavy atom. The maximum absolute atomic E-state index is 12.9. The van der Waals surface area contributed by atoms with Crippen molar-refractivity contribution in [2.75, 3.05) is 38.1 Å². The minimum Gasteiger partial charge on any atom is -0.367 e. The molecule has 174 valence electrons. The van der Waals surface area contributed by atoms with Crippen molar-refractivity contribution in [3.8, 4) is 11.3 Å². The van der Waals surface area contributed by atoms with E-state index in [0.717, 1.165) is 59.7 Å². The van der Waals surface area contributed by atoms with E-state index in [9.17, 15) is 8.42 Å². The monoisotopic (exact) mass is 473 g/mol. The van der Waals surface area contributed by atoms with Gasteiger partial charge in [0, 0.05) is 44.5 Å². The van der Waals surface area contributed by atoms with Crippen LogP contribution < -0.4 is 9.62 Å². The quantitative estimate of drug-likeness (QED) is 0.462. The first-order valence-corrected chi connectivity index (χ1v) is 12.8. The molecule has 34 heavy (non-hydrogen) atoms. The summed E-state index contributed by atoms with van der Waals surface area (Å²) in [4.78, 5) is 14.3. The van der Waals surface area contributed by atoms with Crippen LogP contribution in [0.3, 0.4) is 0 Å². The number of likely N-dealkylation sites (N-methyl/N-ethyl adjacent to an activating group) is 1. The summed E-state index contributed by atoms with van der Waals surface area (Å²) in [6.07, 6.45) is 1.82. The molecule has 0 aliphatic carbocycles. The zero-order chi connectivity index (χ0) is 23.5. The molecule has 2 aromatic carbocycles. The largest absolute Gasteiger partial charge is 0.367 e. The van der Waals surface area contributed by atoms with E-state index in [1.54, 1.807) is 18.2 Å². The molecule has 7 nitrogen and oxygen atoms in total. The summed E-state index contributed by atoms with van der Waals surface area (Å²) in [5.41, 5.74) is 5.10. The lowest BCUT2D eigenvalue weighted by atomic mass is 10.1. The SMILES string of the molecule is CN1CCN(c2ccnc3ccc(-c4cccc(S(=O)(=O)NCc5ccccc5)c4)nc23)CC1. The molecule has 0 atom stereocenters. The lowest BCUT2D eigenvalue weighted by molar-refractivity contribution is 0.313. The van der Waals surface area contributed by atoms with Crippen LogP contribution >= 0.6 is 0 Å². The zero-order valence-corrected chi connectivity index (χ0v) is 19.9. The van der Waals surface area contributed by atoms with Crippen molar-refractivity contribution in [3.63, 3.8) is 0 Å². The van der Waals surface area contributed by atoms with Gasteiger partial charge in [0.05, 0.1) is 21.8 Å². The first kappa shape index (κ1) is 22.5. The van der Waals surface area contributed by atoms with Gasteiger partial charge in [-0.25, -0.2) is 18.1 Å². The first-order chi connectivity index (χ1) is 16.5. The number of fused-ring (bicyclic) bond motifs is 1. The van der Waals surface area contributed by atoms with E-state index in [0.29, 0.717) is 0 Å². The summed E-state index contributed by atoms with van der Waals surface area (Å²) in [5, 5.41) is 0. The molecule has 1 aliphatic heterocycles. The molecule has 8 heteroatoms. The van der Waals surface area contributed by atoms with E-state index in [-0.39, 0.29) is 11.4 Å². The molecule has 0 bridgehead atoms. The first-order valence-electron chi connectivity index (χ1n) is 11.3. The number of sulfonamides is 1. The molecule has 1 N–H and O–H groups in total. The zero-order valence-electron chi connectivity index (χ0n) is 19.1. The van der Waals surface area contributed by atoms with Crippen LogP contribution in [-0.2, 0) is 16.6 Å². The van der Waals surface area contributed by atoms with Crippen LogP contribution in [0.1, 0.15) is 5.56 Å². The van der Waals surface area contributed by atoms with Gasteiger partial charge in [0.2, 0.25) is 10.0 Å². The molecule has 4 aromatic rings. The average molecular weight is 474 g/mol. The van der Waals surface area contributed by atoms with Crippen molar-refractivity contribution >= 4 is 26.7 Å². The molecule has 0 radical (unpaired) electrons. The summed E-state index contributed by atoms with van der Waals surface area (Å²) in [6, 6.07) is 22.2. The van der Waals surface area contributed by atoms with Crippen LogP contribution in [0.25, 0.3) is 22.3 Å². The van der Waals surface area contributed by atoms with Crippen molar-refractivity contribution < 1.29 is 8.42 Å². The van der Waals surface area contributed by atoms with Crippen molar-refractivity contribution in [2.24, 2.45) is 0 Å². The molecule has 1 fully saturated rings. The molecule has 0 amide bonds. The van der Waals surface area contributed by atoms with Gasteiger partial charge >= 0.3 is 0 Å². The predicted octanol–water partition coefficient (Wildman–Crippen LogP) is 3.53. The highest BCUT2D eigenvalue weighted by Crippen LogP contribution is 2.28. The van der Waals surface area contributed by atoms with Crippen molar-refractivity contribution in [2.45, 2.75) is 11.4 Å². The van der Waals surface area contributed by atoms with E-state index in [1.807, 2.05) is 60.8 Å². The second kappa shape index (κ2) is 9.50. The van der Waals surface area contributed by atoms with Gasteiger partial charge in [0.1, 0.15) is 5.52 Å². The van der Waals surface area contributed by atoms with Gasteiger partial charge in [-0.3, -0.25) is 4.98 Å². The molecular weight excluding hydrogens is 446 g/mol. The van der Waals surface area contributed by atoms with Crippen molar-refractivity contribution in [1.82, 2.24) is 19.6 Å². The number of benzene rings is 2. The maximum atomic E-state index is 12.9. The normalized spacial score (nSPS) is 15.0. The second-order valence-electron chi connectivity index (χ2n) is 8.52. The average Bonchev–Trinajstić information content (AvgIpc) is 2.88. The van der Waals surface area contributed by atoms with Crippen LogP contribution in [0, 0.1) is 0 Å². The molecule has 0 unspecified atom stereocenters. The lowest BCUT2D eigenvalue weighted by Gasteiger charge is -2.34. The Morgan fingerprint density at radius 2 is 1.71 bits per heavy atom. The van der Waals surface area contributed by atoms with Crippen LogP contribution in [-0.4, -0.2) is 56.5 Å². The summed E-state index contributed by atoms with van der Waals surface area (Å²) >= 11 is 0. The molecule has 0 saturated carbocycles. The smallest absolute Gasteiger partial charge is 0.240 e. The van der Waals surface area contributed by atoms with Gasteiger partial charge in [0.15, 0.2) is 0 Å². The number of nitrogens with zero attached hydrogens (tertiary/aromatic N) is 4. The molecule has 1 saturated heterocycles. The number of piperazine rings is 1. The lowest BCUT2D eigenvalue weighted by Crippen LogP contribution is -2.44. The van der Waals surface area contributed by atoms with Gasteiger partial charge in [-0.1, -0.05) is 42.5 Å². The summed E-state index contributed by atoms with van der Waals surface area (Å²) in [5.74, 6) is 0. The van der Waals surface area contributed by atoms with E-state index in [4.69, 9.17) is 4.98 Å². The highest BCUT2D eigenvalue weighted by molar-refractivity contribution is 7.89. The fourth-order valence-corrected chi connectivity index (χ4v) is 5.22. The number of nitrogens with one attached hydrogen (secondary N) is 1. The van der Waals surface area contributed by atoms with E-state index < -0.39 is 10.0 Å². The van der Waals surface area contributed by atoms with E-state index >= 15 is 0 Å². The minimum atomic E-state index is -3.67. The number of rotatable bonds is 6. The number of anilines is 1. The third-order valence-corrected chi connectivity index (χ3v) is 7.55. The van der Waals surface area contributed by atoms with Gasteiger partial charge in [0.25, 0.3) is 0 Å². The van der Waals surface area contributed by atoms with Crippen molar-refractivity contribution in [3.05, 3.63) is 84.6 Å². The highest BCUT2D eigenvalue weighted by Gasteiger charge is 2.19.